The number of nitrogens with zero attached hydrogens (tertiary/aromatic N) is 1. The van der Waals surface area contributed by atoms with Crippen LogP contribution < -0.4 is 10.1 Å². The first kappa shape index (κ1) is 16.5. The molecule has 1 unspecified atom stereocenters. The van der Waals surface area contributed by atoms with Gasteiger partial charge in [0.15, 0.2) is 6.17 Å². The van der Waals surface area contributed by atoms with Crippen LogP contribution in [0.4, 0.5) is 10.2 Å². The molecule has 0 aliphatic carbocycles. The number of aryl methyl sites for hydroxylation is 1. The Kier molecular flexibility index (Phi) is 5.98. The van der Waals surface area contributed by atoms with Crippen LogP contribution >= 0.6 is 0 Å². The molecule has 1 aliphatic heterocycles. The third kappa shape index (κ3) is 4.08. The van der Waals surface area contributed by atoms with Crippen molar-refractivity contribution in [2.24, 2.45) is 0 Å². The molecule has 2 rings (SSSR count). The van der Waals surface area contributed by atoms with Crippen LogP contribution in [0.3, 0.4) is 0 Å². The topological polar surface area (TPSA) is 60.5 Å². The summed E-state index contributed by atoms with van der Waals surface area (Å²) < 4.78 is 23.7. The number of rotatable bonds is 7. The van der Waals surface area contributed by atoms with Gasteiger partial charge in [-0.25, -0.2) is 14.2 Å². The molecular formula is C16H23FN2O3. The predicted molar refractivity (Wildman–Crippen MR) is 82.1 cm³/mol. The van der Waals surface area contributed by atoms with Gasteiger partial charge in [-0.15, -0.1) is 0 Å². The van der Waals surface area contributed by atoms with E-state index in [-0.39, 0.29) is 13.0 Å². The van der Waals surface area contributed by atoms with Gasteiger partial charge in [-0.3, -0.25) is 0 Å². The minimum atomic E-state index is -1.56. The van der Waals surface area contributed by atoms with Crippen molar-refractivity contribution in [1.82, 2.24) is 4.98 Å². The van der Waals surface area contributed by atoms with Crippen molar-refractivity contribution < 1.29 is 18.7 Å². The first-order valence-electron chi connectivity index (χ1n) is 7.77. The van der Waals surface area contributed by atoms with Crippen molar-refractivity contribution in [2.45, 2.75) is 45.2 Å². The number of pyridine rings is 1. The maximum atomic E-state index is 13.6. The minimum absolute atomic E-state index is 0.146. The fraction of sp³-hybridized carbons (Fsp3) is 0.625. The molecule has 0 radical (unpaired) electrons. The molecule has 0 aromatic carbocycles. The van der Waals surface area contributed by atoms with Gasteiger partial charge < -0.3 is 14.8 Å². The lowest BCUT2D eigenvalue weighted by Gasteiger charge is -2.20. The largest absolute Gasteiger partial charge is 0.496 e. The highest BCUT2D eigenvalue weighted by Crippen LogP contribution is 2.30. The molecule has 1 atom stereocenters. The van der Waals surface area contributed by atoms with Gasteiger partial charge in [0.1, 0.15) is 11.6 Å². The molecule has 1 aliphatic rings. The number of methoxy groups -OCH3 is 1. The highest BCUT2D eigenvalue weighted by Gasteiger charge is 2.19. The molecule has 1 aromatic rings. The summed E-state index contributed by atoms with van der Waals surface area (Å²) in [7, 11) is 1.65. The lowest BCUT2D eigenvalue weighted by atomic mass is 10.0. The molecule has 5 nitrogen and oxygen atoms in total. The number of aromatic nitrogens is 1. The quantitative estimate of drug-likeness (QED) is 0.785. The molecule has 22 heavy (non-hydrogen) atoms. The zero-order valence-electron chi connectivity index (χ0n) is 13.2. The summed E-state index contributed by atoms with van der Waals surface area (Å²) in [5, 5.41) is 3.27. The van der Waals surface area contributed by atoms with E-state index in [0.717, 1.165) is 42.2 Å². The van der Waals surface area contributed by atoms with E-state index in [1.54, 1.807) is 14.0 Å². The molecule has 6 heteroatoms. The Labute approximate surface area is 130 Å². The van der Waals surface area contributed by atoms with E-state index in [2.05, 4.69) is 15.0 Å². The third-order valence-corrected chi connectivity index (χ3v) is 3.69. The monoisotopic (exact) mass is 310 g/mol. The van der Waals surface area contributed by atoms with Gasteiger partial charge in [0.25, 0.3) is 0 Å². The first-order valence-corrected chi connectivity index (χ1v) is 7.77. The summed E-state index contributed by atoms with van der Waals surface area (Å²) in [6, 6.07) is 1.91. The van der Waals surface area contributed by atoms with Crippen molar-refractivity contribution in [3.05, 3.63) is 17.3 Å². The van der Waals surface area contributed by atoms with Crippen molar-refractivity contribution in [1.29, 1.82) is 0 Å². The summed E-state index contributed by atoms with van der Waals surface area (Å²) in [6.07, 6.45) is 1.74. The Morgan fingerprint density at radius 2 is 2.36 bits per heavy atom. The molecule has 1 aromatic heterocycles. The van der Waals surface area contributed by atoms with Crippen LogP contribution in [0.2, 0.25) is 0 Å². The SMILES string of the molecule is CCOC(=O)C(F)CCCc1cc(OC)c2c(n1)NCCC2. The molecule has 2 heterocycles. The molecule has 122 valence electrons. The average molecular weight is 310 g/mol. The van der Waals surface area contributed by atoms with Crippen molar-refractivity contribution in [3.8, 4) is 5.75 Å². The highest BCUT2D eigenvalue weighted by atomic mass is 19.1. The Bertz CT molecular complexity index is 505. The van der Waals surface area contributed by atoms with Gasteiger partial charge in [0.2, 0.25) is 0 Å². The van der Waals surface area contributed by atoms with Crippen LogP contribution in [-0.2, 0) is 22.4 Å². The van der Waals surface area contributed by atoms with Gasteiger partial charge in [-0.2, -0.15) is 0 Å². The summed E-state index contributed by atoms with van der Waals surface area (Å²) in [6.45, 7) is 2.78. The number of anilines is 1. The summed E-state index contributed by atoms with van der Waals surface area (Å²) in [4.78, 5) is 15.8. The molecular weight excluding hydrogens is 287 g/mol. The smallest absolute Gasteiger partial charge is 0.340 e. The Morgan fingerprint density at radius 3 is 3.09 bits per heavy atom. The zero-order valence-corrected chi connectivity index (χ0v) is 13.2. The number of esters is 1. The number of halogens is 1. The number of hydrogen-bond acceptors (Lipinski definition) is 5. The fourth-order valence-corrected chi connectivity index (χ4v) is 2.58. The van der Waals surface area contributed by atoms with Crippen LogP contribution in [0.25, 0.3) is 0 Å². The predicted octanol–water partition coefficient (Wildman–Crippen LogP) is 2.67. The van der Waals surface area contributed by atoms with Crippen LogP contribution in [0, 0.1) is 0 Å². The number of fused-ring (bicyclic) bond motifs is 1. The van der Waals surface area contributed by atoms with Crippen LogP contribution in [0.15, 0.2) is 6.07 Å². The molecule has 0 spiro atoms. The molecule has 1 N–H and O–H groups in total. The maximum Gasteiger partial charge on any atom is 0.340 e. The van der Waals surface area contributed by atoms with Gasteiger partial charge in [0.05, 0.1) is 13.7 Å². The van der Waals surface area contributed by atoms with Crippen LogP contribution in [-0.4, -0.2) is 37.4 Å². The lowest BCUT2D eigenvalue weighted by molar-refractivity contribution is -0.149. The zero-order chi connectivity index (χ0) is 15.9. The number of carbonyl (C=O) groups excluding carboxylic acids is 1. The average Bonchev–Trinajstić information content (AvgIpc) is 2.54. The lowest BCUT2D eigenvalue weighted by Crippen LogP contribution is -2.19. The standard InChI is InChI=1S/C16H23FN2O3/c1-3-22-16(20)13(17)8-4-6-11-10-14(21-2)12-7-5-9-18-15(12)19-11/h10,13H,3-9H2,1-2H3,(H,18,19). The molecule has 0 saturated heterocycles. The van der Waals surface area contributed by atoms with Crippen LogP contribution in [0.1, 0.15) is 37.4 Å². The Balaban J connectivity index is 1.94. The number of nitrogens with one attached hydrogen (secondary N) is 1. The van der Waals surface area contributed by atoms with E-state index < -0.39 is 12.1 Å². The third-order valence-electron chi connectivity index (χ3n) is 3.69. The van der Waals surface area contributed by atoms with Crippen molar-refractivity contribution in [3.63, 3.8) is 0 Å². The molecule has 0 saturated carbocycles. The minimum Gasteiger partial charge on any atom is -0.496 e. The van der Waals surface area contributed by atoms with E-state index in [1.807, 2.05) is 6.07 Å². The summed E-state index contributed by atoms with van der Waals surface area (Å²) >= 11 is 0. The fourth-order valence-electron chi connectivity index (χ4n) is 2.58. The molecule has 0 fully saturated rings. The molecule has 0 bridgehead atoms. The highest BCUT2D eigenvalue weighted by molar-refractivity contribution is 5.74. The van der Waals surface area contributed by atoms with Crippen molar-refractivity contribution >= 4 is 11.8 Å². The van der Waals surface area contributed by atoms with Crippen LogP contribution in [0.5, 0.6) is 5.75 Å². The number of carbonyl (C=O) groups is 1. The number of hydrogen-bond donors (Lipinski definition) is 1. The van der Waals surface area contributed by atoms with Gasteiger partial charge in [-0.1, -0.05) is 0 Å². The van der Waals surface area contributed by atoms with Gasteiger partial charge in [-0.05, 0) is 39.0 Å². The van der Waals surface area contributed by atoms with E-state index in [9.17, 15) is 9.18 Å². The normalized spacial score (nSPS) is 14.7. The molecule has 0 amide bonds. The maximum absolute atomic E-state index is 13.6. The van der Waals surface area contributed by atoms with E-state index in [4.69, 9.17) is 4.74 Å². The van der Waals surface area contributed by atoms with E-state index in [1.165, 1.54) is 0 Å². The Hall–Kier alpha value is -1.85. The summed E-state index contributed by atoms with van der Waals surface area (Å²) in [5.74, 6) is 0.914. The Morgan fingerprint density at radius 1 is 1.55 bits per heavy atom. The number of alkyl halides is 1. The van der Waals surface area contributed by atoms with Gasteiger partial charge in [0, 0.05) is 23.9 Å². The van der Waals surface area contributed by atoms with Gasteiger partial charge >= 0.3 is 5.97 Å². The summed E-state index contributed by atoms with van der Waals surface area (Å²) in [5.41, 5.74) is 1.95. The van der Waals surface area contributed by atoms with E-state index >= 15 is 0 Å². The van der Waals surface area contributed by atoms with Crippen molar-refractivity contribution in [2.75, 3.05) is 25.6 Å². The second-order valence-electron chi connectivity index (χ2n) is 5.29. The second-order valence-corrected chi connectivity index (χ2v) is 5.29. The van der Waals surface area contributed by atoms with E-state index in [0.29, 0.717) is 12.8 Å². The number of ether oxygens (including phenoxy) is 2. The second kappa shape index (κ2) is 7.96. The first-order chi connectivity index (χ1) is 10.7.